The molecule has 12 heteroatoms. The number of aromatic hydroxyl groups is 1. The van der Waals surface area contributed by atoms with E-state index >= 15 is 0 Å². The van der Waals surface area contributed by atoms with Gasteiger partial charge in [-0.05, 0) is 60.2 Å². The lowest BCUT2D eigenvalue weighted by Gasteiger charge is -2.21. The van der Waals surface area contributed by atoms with Crippen molar-refractivity contribution < 1.29 is 31.5 Å². The number of benzene rings is 4. The first-order valence-electron chi connectivity index (χ1n) is 12.9. The van der Waals surface area contributed by atoms with Crippen molar-refractivity contribution in [3.05, 3.63) is 89.2 Å². The van der Waals surface area contributed by atoms with Crippen LogP contribution in [0, 0.1) is 5.82 Å². The van der Waals surface area contributed by atoms with Gasteiger partial charge in [0.15, 0.2) is 5.58 Å². The molecule has 4 aromatic carbocycles. The molecule has 1 amide bonds. The summed E-state index contributed by atoms with van der Waals surface area (Å²) in [6.07, 6.45) is 1.06. The Balaban J connectivity index is 1.63. The van der Waals surface area contributed by atoms with E-state index in [1.807, 2.05) is 0 Å². The second-order valence-electron chi connectivity index (χ2n) is 9.83. The smallest absolute Gasteiger partial charge is 0.255 e. The van der Waals surface area contributed by atoms with E-state index in [4.69, 9.17) is 20.4 Å². The minimum absolute atomic E-state index is 0.106. The maximum Gasteiger partial charge on any atom is 0.255 e. The van der Waals surface area contributed by atoms with Crippen molar-refractivity contribution in [1.82, 2.24) is 10.3 Å². The number of aromatic nitrogens is 1. The molecule has 0 atom stereocenters. The second-order valence-corrected chi connectivity index (χ2v) is 12.2. The van der Waals surface area contributed by atoms with Gasteiger partial charge in [0.25, 0.3) is 5.91 Å². The zero-order chi connectivity index (χ0) is 30.6. The number of rotatable bonds is 6. The van der Waals surface area contributed by atoms with Crippen LogP contribution in [0.3, 0.4) is 0 Å². The van der Waals surface area contributed by atoms with Crippen molar-refractivity contribution in [3.63, 3.8) is 0 Å². The summed E-state index contributed by atoms with van der Waals surface area (Å²) in [6, 6.07) is 18.4. The lowest BCUT2D eigenvalue weighted by atomic mass is 9.97. The quantitative estimate of drug-likeness (QED) is 0.209. The first kappa shape index (κ1) is 28.3. The van der Waals surface area contributed by atoms with Crippen LogP contribution in [-0.2, 0) is 10.0 Å². The lowest BCUT2D eigenvalue weighted by molar-refractivity contribution is 0.0964. The number of carbonyl (C=O) groups excluding carboxylic acids is 1. The second kappa shape index (κ2) is 10.4. The minimum atomic E-state index is -3.75. The van der Waals surface area contributed by atoms with Crippen molar-refractivity contribution in [2.75, 3.05) is 24.7 Å². The molecule has 0 spiro atoms. The number of nitrogens with zero attached hydrogens (tertiary/aromatic N) is 2. The fraction of sp³-hybridized carbons (Fsp3) is 0.0968. The number of nitrogens with one attached hydrogen (secondary N) is 1. The maximum atomic E-state index is 13.7. The van der Waals surface area contributed by atoms with Crippen LogP contribution < -0.4 is 9.62 Å². The summed E-state index contributed by atoms with van der Waals surface area (Å²) >= 11 is 6.28. The molecule has 2 heterocycles. The van der Waals surface area contributed by atoms with Crippen molar-refractivity contribution in [2.24, 2.45) is 0 Å². The van der Waals surface area contributed by atoms with Gasteiger partial charge in [-0.3, -0.25) is 9.10 Å². The van der Waals surface area contributed by atoms with Crippen LogP contribution >= 0.6 is 11.6 Å². The normalized spacial score (nSPS) is 11.7. The predicted octanol–water partition coefficient (Wildman–Crippen LogP) is 6.83. The lowest BCUT2D eigenvalue weighted by Crippen LogP contribution is -2.25. The third-order valence-electron chi connectivity index (χ3n) is 7.11. The summed E-state index contributed by atoms with van der Waals surface area (Å²) in [6.45, 7) is 0. The van der Waals surface area contributed by atoms with Gasteiger partial charge in [0, 0.05) is 36.7 Å². The van der Waals surface area contributed by atoms with Gasteiger partial charge in [-0.2, -0.15) is 0 Å². The molecule has 43 heavy (non-hydrogen) atoms. The van der Waals surface area contributed by atoms with Crippen LogP contribution in [-0.4, -0.2) is 44.8 Å². The third kappa shape index (κ3) is 4.96. The molecule has 0 bridgehead atoms. The molecule has 6 aromatic rings. The van der Waals surface area contributed by atoms with Crippen molar-refractivity contribution >= 4 is 55.3 Å². The molecule has 218 valence electrons. The molecule has 0 aliphatic carbocycles. The Morgan fingerprint density at radius 1 is 0.977 bits per heavy atom. The topological polar surface area (TPSA) is 126 Å². The van der Waals surface area contributed by atoms with Gasteiger partial charge < -0.3 is 19.3 Å². The zero-order valence-corrected chi connectivity index (χ0v) is 24.5. The number of furan rings is 1. The summed E-state index contributed by atoms with van der Waals surface area (Å²) in [5, 5.41) is 14.2. The van der Waals surface area contributed by atoms with Gasteiger partial charge in [0.05, 0.1) is 28.1 Å². The highest BCUT2D eigenvalue weighted by Crippen LogP contribution is 2.43. The molecule has 0 aliphatic rings. The number of fused-ring (bicyclic) bond motifs is 2. The van der Waals surface area contributed by atoms with Crippen LogP contribution in [0.15, 0.2) is 81.6 Å². The summed E-state index contributed by atoms with van der Waals surface area (Å²) < 4.78 is 52.2. The van der Waals surface area contributed by atoms with Gasteiger partial charge >= 0.3 is 0 Å². The number of anilines is 1. The Hall–Kier alpha value is -4.87. The summed E-state index contributed by atoms with van der Waals surface area (Å²) in [7, 11) is -0.883. The number of carbonyl (C=O) groups is 1. The van der Waals surface area contributed by atoms with Crippen LogP contribution in [0.5, 0.6) is 5.75 Å². The molecular formula is C31H23ClFN3O6S. The van der Waals surface area contributed by atoms with E-state index in [9.17, 15) is 22.7 Å². The fourth-order valence-electron chi connectivity index (χ4n) is 4.86. The number of hydrogen-bond donors (Lipinski definition) is 2. The Bertz CT molecular complexity index is 2170. The van der Waals surface area contributed by atoms with E-state index in [-0.39, 0.29) is 39.8 Å². The maximum absolute atomic E-state index is 13.7. The molecule has 0 saturated carbocycles. The number of phenols is 1. The van der Waals surface area contributed by atoms with E-state index in [0.29, 0.717) is 38.2 Å². The molecule has 9 nitrogen and oxygen atoms in total. The van der Waals surface area contributed by atoms with Crippen molar-refractivity contribution in [2.45, 2.75) is 0 Å². The van der Waals surface area contributed by atoms with E-state index in [0.717, 1.165) is 10.6 Å². The molecule has 0 fully saturated rings. The van der Waals surface area contributed by atoms with E-state index in [2.05, 4.69) is 10.3 Å². The van der Waals surface area contributed by atoms with Crippen LogP contribution in [0.4, 0.5) is 10.1 Å². The highest BCUT2D eigenvalue weighted by molar-refractivity contribution is 7.92. The Labute approximate surface area is 250 Å². The van der Waals surface area contributed by atoms with Gasteiger partial charge in [-0.1, -0.05) is 23.7 Å². The van der Waals surface area contributed by atoms with E-state index < -0.39 is 21.7 Å². The molecule has 2 N–H and O–H groups in total. The number of phenolic OH excluding ortho intramolecular Hbond substituents is 1. The van der Waals surface area contributed by atoms with Crippen LogP contribution in [0.1, 0.15) is 10.4 Å². The van der Waals surface area contributed by atoms with Gasteiger partial charge in [-0.25, -0.2) is 17.8 Å². The Kier molecular flexibility index (Phi) is 6.86. The molecular weight excluding hydrogens is 597 g/mol. The Morgan fingerprint density at radius 2 is 1.70 bits per heavy atom. The van der Waals surface area contributed by atoms with Gasteiger partial charge in [-0.15, -0.1) is 0 Å². The SMILES string of the molecule is CNC(=O)c1c(-c2ccc(F)cc2)oc2cc(N(C)S(C)(=O)=O)c(-c3ccc(O)c(-c4nc5c(Cl)cccc5o4)c3)cc12. The highest BCUT2D eigenvalue weighted by Gasteiger charge is 2.26. The molecule has 0 radical (unpaired) electrons. The Morgan fingerprint density at radius 3 is 2.37 bits per heavy atom. The first-order chi connectivity index (χ1) is 20.5. The van der Waals surface area contributed by atoms with E-state index in [1.54, 1.807) is 36.4 Å². The van der Waals surface area contributed by atoms with Crippen molar-refractivity contribution in [1.29, 1.82) is 0 Å². The number of halogens is 2. The van der Waals surface area contributed by atoms with Gasteiger partial charge in [0.1, 0.15) is 28.4 Å². The minimum Gasteiger partial charge on any atom is -0.507 e. The summed E-state index contributed by atoms with van der Waals surface area (Å²) in [4.78, 5) is 17.6. The van der Waals surface area contributed by atoms with Gasteiger partial charge in [0.2, 0.25) is 15.9 Å². The van der Waals surface area contributed by atoms with E-state index in [1.165, 1.54) is 50.5 Å². The number of para-hydroxylation sites is 1. The summed E-state index contributed by atoms with van der Waals surface area (Å²) in [5.74, 6) is -0.741. The predicted molar refractivity (Wildman–Crippen MR) is 163 cm³/mol. The molecule has 0 saturated heterocycles. The van der Waals surface area contributed by atoms with Crippen LogP contribution in [0.25, 0.3) is 56.0 Å². The number of amides is 1. The number of sulfonamides is 1. The number of hydrogen-bond acceptors (Lipinski definition) is 7. The largest absolute Gasteiger partial charge is 0.507 e. The zero-order valence-electron chi connectivity index (χ0n) is 23.0. The van der Waals surface area contributed by atoms with Crippen LogP contribution in [0.2, 0.25) is 5.02 Å². The summed E-state index contributed by atoms with van der Waals surface area (Å²) in [5.41, 5.74) is 3.11. The molecule has 0 unspecified atom stereocenters. The monoisotopic (exact) mass is 619 g/mol. The average molecular weight is 620 g/mol. The van der Waals surface area contributed by atoms with Crippen molar-refractivity contribution in [3.8, 4) is 39.7 Å². The standard InChI is InChI=1S/C31H23ClFN3O6S/c1-34-30(38)27-21-14-19(17-9-12-24(37)20(13-17)31-35-28-22(32)5-4-6-25(28)42-31)23(36(2)43(3,39)40)15-26(21)41-29(27)16-7-10-18(33)11-8-16/h4-15,37H,1-3H3,(H,34,38). The fourth-order valence-corrected chi connectivity index (χ4v) is 5.58. The molecule has 6 rings (SSSR count). The number of oxazole rings is 1. The highest BCUT2D eigenvalue weighted by atomic mass is 35.5. The average Bonchev–Trinajstić information content (AvgIpc) is 3.58. The first-order valence-corrected chi connectivity index (χ1v) is 15.1. The molecule has 0 aliphatic heterocycles. The third-order valence-corrected chi connectivity index (χ3v) is 8.61. The molecule has 2 aromatic heterocycles.